The molecule has 1 aromatic heterocycles. The Bertz CT molecular complexity index is 1080. The Morgan fingerprint density at radius 1 is 0.686 bits per heavy atom. The Hall–Kier alpha value is -3.63. The molecule has 0 amide bonds. The third-order valence-corrected chi connectivity index (χ3v) is 5.59. The molecule has 4 heteroatoms. The Morgan fingerprint density at radius 2 is 1.23 bits per heavy atom. The first-order chi connectivity index (χ1) is 17.3. The van der Waals surface area contributed by atoms with Gasteiger partial charge in [-0.15, -0.1) is 0 Å². The molecule has 2 aromatic carbocycles. The molecule has 35 heavy (non-hydrogen) atoms. The molecule has 4 nitrogen and oxygen atoms in total. The van der Waals surface area contributed by atoms with Crippen LogP contribution in [0.3, 0.4) is 0 Å². The molecule has 0 aliphatic carbocycles. The topological polar surface area (TPSA) is 36.3 Å². The van der Waals surface area contributed by atoms with Crippen LogP contribution in [0.5, 0.6) is 11.5 Å². The van der Waals surface area contributed by atoms with Crippen molar-refractivity contribution in [3.05, 3.63) is 78.4 Å². The lowest BCUT2D eigenvalue weighted by molar-refractivity contribution is 0.304. The molecule has 3 rings (SSSR count). The monoisotopic (exact) mass is 468 g/mol. The van der Waals surface area contributed by atoms with Crippen molar-refractivity contribution in [3.8, 4) is 35.2 Å². The van der Waals surface area contributed by atoms with E-state index in [0.717, 1.165) is 55.2 Å². The molecular formula is C31H36N2O2. The first-order valence-corrected chi connectivity index (χ1v) is 12.8. The Kier molecular flexibility index (Phi) is 11.9. The van der Waals surface area contributed by atoms with Crippen molar-refractivity contribution in [1.29, 1.82) is 0 Å². The molecule has 182 valence electrons. The number of ether oxygens (including phenoxy) is 2. The van der Waals surface area contributed by atoms with Crippen LogP contribution in [0.15, 0.2) is 67.3 Å². The van der Waals surface area contributed by atoms with Crippen molar-refractivity contribution < 1.29 is 9.47 Å². The predicted molar refractivity (Wildman–Crippen MR) is 142 cm³/mol. The molecule has 0 unspecified atom stereocenters. The lowest BCUT2D eigenvalue weighted by Crippen LogP contribution is -1.98. The summed E-state index contributed by atoms with van der Waals surface area (Å²) in [7, 11) is 0. The standard InChI is InChI=1S/C31H36N2O2/c1-2-3-4-10-25-34-30-18-14-28(15-19-30)12-7-8-13-29-16-20-31(21-17-29)35-26-11-6-5-9-23-33-24-22-32-27-33/h14-22,24,27H,2-6,9-11,23,25-26H2,1H3. The maximum absolute atomic E-state index is 5.85. The van der Waals surface area contributed by atoms with E-state index >= 15 is 0 Å². The Morgan fingerprint density at radius 3 is 1.74 bits per heavy atom. The van der Waals surface area contributed by atoms with E-state index in [1.165, 1.54) is 38.5 Å². The molecule has 0 saturated carbocycles. The smallest absolute Gasteiger partial charge is 0.119 e. The van der Waals surface area contributed by atoms with Crippen LogP contribution in [0.25, 0.3) is 0 Å². The van der Waals surface area contributed by atoms with Crippen molar-refractivity contribution in [2.45, 2.75) is 64.8 Å². The molecule has 0 N–H and O–H groups in total. The number of hydrogen-bond donors (Lipinski definition) is 0. The molecule has 0 bridgehead atoms. The van der Waals surface area contributed by atoms with Crippen molar-refractivity contribution in [3.63, 3.8) is 0 Å². The van der Waals surface area contributed by atoms with Crippen LogP contribution in [0.4, 0.5) is 0 Å². The first-order valence-electron chi connectivity index (χ1n) is 12.8. The van der Waals surface area contributed by atoms with Gasteiger partial charge in [0.15, 0.2) is 0 Å². The van der Waals surface area contributed by atoms with E-state index < -0.39 is 0 Å². The highest BCUT2D eigenvalue weighted by atomic mass is 16.5. The number of unbranched alkanes of at least 4 members (excludes halogenated alkanes) is 6. The fourth-order valence-corrected chi connectivity index (χ4v) is 3.55. The van der Waals surface area contributed by atoms with E-state index in [4.69, 9.17) is 9.47 Å². The number of aromatic nitrogens is 2. The first kappa shape index (κ1) is 26.0. The van der Waals surface area contributed by atoms with Gasteiger partial charge < -0.3 is 14.0 Å². The molecule has 0 spiro atoms. The number of hydrogen-bond acceptors (Lipinski definition) is 3. The fourth-order valence-electron chi connectivity index (χ4n) is 3.55. The van der Waals surface area contributed by atoms with Crippen LogP contribution in [-0.4, -0.2) is 22.8 Å². The number of nitrogens with zero attached hydrogens (tertiary/aromatic N) is 2. The highest BCUT2D eigenvalue weighted by molar-refractivity contribution is 5.46. The summed E-state index contributed by atoms with van der Waals surface area (Å²) in [5.41, 5.74) is 1.86. The summed E-state index contributed by atoms with van der Waals surface area (Å²) < 4.78 is 13.7. The van der Waals surface area contributed by atoms with Crippen molar-refractivity contribution >= 4 is 0 Å². The van der Waals surface area contributed by atoms with E-state index in [9.17, 15) is 0 Å². The summed E-state index contributed by atoms with van der Waals surface area (Å²) in [6.07, 6.45) is 15.2. The second-order valence-corrected chi connectivity index (χ2v) is 8.52. The average molecular weight is 469 g/mol. The zero-order valence-electron chi connectivity index (χ0n) is 20.8. The third kappa shape index (κ3) is 10.9. The summed E-state index contributed by atoms with van der Waals surface area (Å²) in [6, 6.07) is 15.8. The van der Waals surface area contributed by atoms with Gasteiger partial charge in [0.25, 0.3) is 0 Å². The van der Waals surface area contributed by atoms with Gasteiger partial charge in [-0.2, -0.15) is 0 Å². The normalized spacial score (nSPS) is 10.1. The number of benzene rings is 2. The lowest BCUT2D eigenvalue weighted by atomic mass is 10.2. The Labute approximate surface area is 210 Å². The highest BCUT2D eigenvalue weighted by Crippen LogP contribution is 2.14. The number of aryl methyl sites for hydroxylation is 1. The molecule has 0 saturated heterocycles. The van der Waals surface area contributed by atoms with Crippen molar-refractivity contribution in [2.75, 3.05) is 13.2 Å². The molecule has 0 aliphatic heterocycles. The van der Waals surface area contributed by atoms with Crippen LogP contribution in [-0.2, 0) is 6.54 Å². The van der Waals surface area contributed by atoms with Crippen LogP contribution in [0.1, 0.15) is 69.4 Å². The average Bonchev–Trinajstić information content (AvgIpc) is 3.41. The van der Waals surface area contributed by atoms with E-state index in [1.807, 2.05) is 67.3 Å². The van der Waals surface area contributed by atoms with Gasteiger partial charge in [-0.3, -0.25) is 0 Å². The van der Waals surface area contributed by atoms with Crippen LogP contribution >= 0.6 is 0 Å². The second-order valence-electron chi connectivity index (χ2n) is 8.52. The summed E-state index contributed by atoms with van der Waals surface area (Å²) in [4.78, 5) is 4.06. The van der Waals surface area contributed by atoms with E-state index in [2.05, 4.69) is 40.2 Å². The number of imidazole rings is 1. The van der Waals surface area contributed by atoms with Gasteiger partial charge in [-0.25, -0.2) is 4.98 Å². The molecule has 1 heterocycles. The maximum Gasteiger partial charge on any atom is 0.119 e. The minimum absolute atomic E-state index is 0.740. The highest BCUT2D eigenvalue weighted by Gasteiger charge is 1.96. The van der Waals surface area contributed by atoms with Gasteiger partial charge >= 0.3 is 0 Å². The van der Waals surface area contributed by atoms with Crippen LogP contribution in [0.2, 0.25) is 0 Å². The van der Waals surface area contributed by atoms with E-state index in [0.29, 0.717) is 0 Å². The molecule has 0 atom stereocenters. The fraction of sp³-hybridized carbons (Fsp3) is 0.387. The summed E-state index contributed by atoms with van der Waals surface area (Å²) >= 11 is 0. The molecule has 0 radical (unpaired) electrons. The van der Waals surface area contributed by atoms with E-state index in [1.54, 1.807) is 0 Å². The minimum atomic E-state index is 0.740. The molecular weight excluding hydrogens is 432 g/mol. The van der Waals surface area contributed by atoms with Crippen LogP contribution < -0.4 is 9.47 Å². The van der Waals surface area contributed by atoms with Crippen molar-refractivity contribution in [1.82, 2.24) is 9.55 Å². The maximum atomic E-state index is 5.85. The minimum Gasteiger partial charge on any atom is -0.494 e. The van der Waals surface area contributed by atoms with Crippen LogP contribution in [0, 0.1) is 23.7 Å². The zero-order valence-corrected chi connectivity index (χ0v) is 20.8. The molecule has 0 aliphatic rings. The summed E-state index contributed by atoms with van der Waals surface area (Å²) in [5, 5.41) is 0. The van der Waals surface area contributed by atoms with Gasteiger partial charge in [0, 0.05) is 30.1 Å². The van der Waals surface area contributed by atoms with Gasteiger partial charge in [0.1, 0.15) is 11.5 Å². The Balaban J connectivity index is 1.31. The SMILES string of the molecule is CCCCCCOc1ccc(C#CC#Cc2ccc(OCCCCCCn3ccnc3)cc2)cc1. The van der Waals surface area contributed by atoms with Gasteiger partial charge in [0.05, 0.1) is 19.5 Å². The largest absolute Gasteiger partial charge is 0.494 e. The number of rotatable bonds is 14. The lowest BCUT2D eigenvalue weighted by Gasteiger charge is -2.06. The van der Waals surface area contributed by atoms with Gasteiger partial charge in [-0.1, -0.05) is 50.9 Å². The summed E-state index contributed by atoms with van der Waals surface area (Å²) in [5.74, 6) is 13.8. The molecule has 3 aromatic rings. The zero-order chi connectivity index (χ0) is 24.4. The van der Waals surface area contributed by atoms with Gasteiger partial charge in [0.2, 0.25) is 0 Å². The third-order valence-electron chi connectivity index (χ3n) is 5.59. The summed E-state index contributed by atoms with van der Waals surface area (Å²) in [6.45, 7) is 4.76. The predicted octanol–water partition coefficient (Wildman–Crippen LogP) is 6.88. The van der Waals surface area contributed by atoms with E-state index in [-0.39, 0.29) is 0 Å². The second kappa shape index (κ2) is 16.1. The van der Waals surface area contributed by atoms with Gasteiger partial charge in [-0.05, 0) is 79.6 Å². The quantitative estimate of drug-likeness (QED) is 0.191. The molecule has 0 fully saturated rings. The van der Waals surface area contributed by atoms with Crippen molar-refractivity contribution in [2.24, 2.45) is 0 Å².